The number of hydrazone groups is 1. The molecule has 0 spiro atoms. The number of para-hydroxylation sites is 1. The lowest BCUT2D eigenvalue weighted by Gasteiger charge is -2.15. The number of hydrogen-bond donors (Lipinski definition) is 1. The van der Waals surface area contributed by atoms with Crippen molar-refractivity contribution in [2.75, 3.05) is 20.8 Å². The molecule has 0 aliphatic carbocycles. The molecule has 6 nitrogen and oxygen atoms in total. The van der Waals surface area contributed by atoms with E-state index >= 15 is 0 Å². The predicted octanol–water partition coefficient (Wildman–Crippen LogP) is 3.75. The van der Waals surface area contributed by atoms with Crippen molar-refractivity contribution < 1.29 is 19.0 Å². The summed E-state index contributed by atoms with van der Waals surface area (Å²) < 4.78 is 16.1. The predicted molar refractivity (Wildman–Crippen MR) is 106 cm³/mol. The number of nitrogens with one attached hydrogen (secondary N) is 1. The molecule has 0 fully saturated rings. The Morgan fingerprint density at radius 2 is 1.93 bits per heavy atom. The van der Waals surface area contributed by atoms with Gasteiger partial charge in [0, 0.05) is 11.6 Å². The van der Waals surface area contributed by atoms with Gasteiger partial charge in [0.2, 0.25) is 0 Å². The summed E-state index contributed by atoms with van der Waals surface area (Å²) in [7, 11) is 3.15. The number of amides is 1. The molecule has 0 bridgehead atoms. The van der Waals surface area contributed by atoms with Crippen molar-refractivity contribution in [3.63, 3.8) is 0 Å². The Morgan fingerprint density at radius 3 is 2.63 bits per heavy atom. The molecular weight excluding hydrogens is 344 g/mol. The molecule has 1 unspecified atom stereocenters. The van der Waals surface area contributed by atoms with Gasteiger partial charge in [-0.1, -0.05) is 32.0 Å². The molecule has 0 saturated carbocycles. The van der Waals surface area contributed by atoms with E-state index in [0.29, 0.717) is 17.4 Å². The van der Waals surface area contributed by atoms with E-state index in [1.54, 1.807) is 32.4 Å². The molecule has 0 saturated heterocycles. The van der Waals surface area contributed by atoms with Crippen LogP contribution < -0.4 is 19.6 Å². The van der Waals surface area contributed by atoms with E-state index in [9.17, 15) is 4.79 Å². The Kier molecular flexibility index (Phi) is 7.67. The van der Waals surface area contributed by atoms with Crippen LogP contribution in [0, 0.1) is 0 Å². The number of rotatable bonds is 9. The SMILES string of the molecule is CCC(C)c1ccccc1OCC(=O)N/N=C/c1ccc(OC)cc1OC. The zero-order chi connectivity index (χ0) is 19.6. The van der Waals surface area contributed by atoms with E-state index in [1.165, 1.54) is 6.21 Å². The lowest BCUT2D eigenvalue weighted by molar-refractivity contribution is -0.123. The molecule has 0 aliphatic rings. The topological polar surface area (TPSA) is 69.2 Å². The number of hydrogen-bond acceptors (Lipinski definition) is 5. The molecule has 0 aliphatic heterocycles. The first kappa shape index (κ1) is 20.3. The average molecular weight is 370 g/mol. The van der Waals surface area contributed by atoms with Gasteiger partial charge in [-0.05, 0) is 36.1 Å². The first-order valence-corrected chi connectivity index (χ1v) is 8.84. The maximum Gasteiger partial charge on any atom is 0.277 e. The van der Waals surface area contributed by atoms with Gasteiger partial charge in [0.15, 0.2) is 6.61 Å². The summed E-state index contributed by atoms with van der Waals surface area (Å²) in [6, 6.07) is 13.1. The van der Waals surface area contributed by atoms with Crippen molar-refractivity contribution in [3.8, 4) is 17.2 Å². The van der Waals surface area contributed by atoms with Gasteiger partial charge in [0.25, 0.3) is 5.91 Å². The summed E-state index contributed by atoms with van der Waals surface area (Å²) in [5.41, 5.74) is 4.28. The van der Waals surface area contributed by atoms with Gasteiger partial charge in [0.05, 0.1) is 20.4 Å². The minimum Gasteiger partial charge on any atom is -0.497 e. The largest absolute Gasteiger partial charge is 0.497 e. The van der Waals surface area contributed by atoms with Crippen molar-refractivity contribution in [2.24, 2.45) is 5.10 Å². The maximum atomic E-state index is 12.0. The Hall–Kier alpha value is -3.02. The van der Waals surface area contributed by atoms with Gasteiger partial charge in [-0.2, -0.15) is 5.10 Å². The molecule has 1 atom stereocenters. The van der Waals surface area contributed by atoms with Gasteiger partial charge in [-0.3, -0.25) is 4.79 Å². The van der Waals surface area contributed by atoms with Crippen LogP contribution >= 0.6 is 0 Å². The second-order valence-electron chi connectivity index (χ2n) is 6.04. The molecule has 6 heteroatoms. The highest BCUT2D eigenvalue weighted by atomic mass is 16.5. The quantitative estimate of drug-likeness (QED) is 0.539. The highest BCUT2D eigenvalue weighted by Crippen LogP contribution is 2.28. The standard InChI is InChI=1S/C21H26N2O4/c1-5-15(2)18-8-6-7-9-19(18)27-14-21(24)23-22-13-16-10-11-17(25-3)12-20(16)26-4/h6-13,15H,5,14H2,1-4H3,(H,23,24)/b22-13+. The van der Waals surface area contributed by atoms with E-state index in [-0.39, 0.29) is 12.5 Å². The van der Waals surface area contributed by atoms with Gasteiger partial charge >= 0.3 is 0 Å². The lowest BCUT2D eigenvalue weighted by Crippen LogP contribution is -2.25. The first-order valence-electron chi connectivity index (χ1n) is 8.84. The minimum absolute atomic E-state index is 0.107. The van der Waals surface area contributed by atoms with E-state index < -0.39 is 0 Å². The van der Waals surface area contributed by atoms with Crippen LogP contribution in [0.15, 0.2) is 47.6 Å². The minimum atomic E-state index is -0.335. The van der Waals surface area contributed by atoms with Gasteiger partial charge in [-0.25, -0.2) is 5.43 Å². The van der Waals surface area contributed by atoms with Crippen LogP contribution in [0.5, 0.6) is 17.2 Å². The highest BCUT2D eigenvalue weighted by Gasteiger charge is 2.11. The fourth-order valence-electron chi connectivity index (χ4n) is 2.51. The molecule has 0 heterocycles. The van der Waals surface area contributed by atoms with Gasteiger partial charge in [-0.15, -0.1) is 0 Å². The van der Waals surface area contributed by atoms with E-state index in [0.717, 1.165) is 23.3 Å². The number of carbonyl (C=O) groups excluding carboxylic acids is 1. The Balaban J connectivity index is 1.93. The second kappa shape index (κ2) is 10.2. The summed E-state index contributed by atoms with van der Waals surface area (Å²) in [5, 5.41) is 3.97. The summed E-state index contributed by atoms with van der Waals surface area (Å²) in [6.45, 7) is 4.15. The number of carbonyl (C=O) groups is 1. The molecule has 2 aromatic rings. The van der Waals surface area contributed by atoms with Crippen molar-refractivity contribution in [2.45, 2.75) is 26.2 Å². The summed E-state index contributed by atoms with van der Waals surface area (Å²) in [5.74, 6) is 2.04. The van der Waals surface area contributed by atoms with Crippen LogP contribution in [-0.4, -0.2) is 32.9 Å². The van der Waals surface area contributed by atoms with Crippen LogP contribution in [-0.2, 0) is 4.79 Å². The molecule has 0 aromatic heterocycles. The van der Waals surface area contributed by atoms with Gasteiger partial charge < -0.3 is 14.2 Å². The van der Waals surface area contributed by atoms with Crippen LogP contribution in [0.4, 0.5) is 0 Å². The van der Waals surface area contributed by atoms with Crippen molar-refractivity contribution in [1.82, 2.24) is 5.43 Å². The lowest BCUT2D eigenvalue weighted by atomic mass is 9.98. The number of ether oxygens (including phenoxy) is 3. The summed E-state index contributed by atoms with van der Waals surface area (Å²) >= 11 is 0. The summed E-state index contributed by atoms with van der Waals surface area (Å²) in [4.78, 5) is 12.0. The molecular formula is C21H26N2O4. The molecule has 2 rings (SSSR count). The average Bonchev–Trinajstić information content (AvgIpc) is 2.72. The van der Waals surface area contributed by atoms with E-state index in [2.05, 4.69) is 24.4 Å². The second-order valence-corrected chi connectivity index (χ2v) is 6.04. The van der Waals surface area contributed by atoms with Crippen LogP contribution in [0.25, 0.3) is 0 Å². The molecule has 1 N–H and O–H groups in total. The third kappa shape index (κ3) is 5.74. The van der Waals surface area contributed by atoms with E-state index in [1.807, 2.05) is 24.3 Å². The fourth-order valence-corrected chi connectivity index (χ4v) is 2.51. The third-order valence-corrected chi connectivity index (χ3v) is 4.25. The molecule has 144 valence electrons. The number of methoxy groups -OCH3 is 2. The van der Waals surface area contributed by atoms with Gasteiger partial charge in [0.1, 0.15) is 17.2 Å². The smallest absolute Gasteiger partial charge is 0.277 e. The third-order valence-electron chi connectivity index (χ3n) is 4.25. The van der Waals surface area contributed by atoms with Crippen molar-refractivity contribution in [1.29, 1.82) is 0 Å². The normalized spacial score (nSPS) is 11.9. The van der Waals surface area contributed by atoms with Crippen molar-refractivity contribution in [3.05, 3.63) is 53.6 Å². The maximum absolute atomic E-state index is 12.0. The Bertz CT molecular complexity index is 790. The number of nitrogens with zero attached hydrogens (tertiary/aromatic N) is 1. The Labute approximate surface area is 160 Å². The molecule has 2 aromatic carbocycles. The van der Waals surface area contributed by atoms with Crippen molar-refractivity contribution >= 4 is 12.1 Å². The van der Waals surface area contributed by atoms with Crippen LogP contribution in [0.3, 0.4) is 0 Å². The zero-order valence-electron chi connectivity index (χ0n) is 16.2. The Morgan fingerprint density at radius 1 is 1.15 bits per heavy atom. The van der Waals surface area contributed by atoms with Crippen LogP contribution in [0.1, 0.15) is 37.3 Å². The molecule has 27 heavy (non-hydrogen) atoms. The first-order chi connectivity index (χ1) is 13.1. The number of benzene rings is 2. The fraction of sp³-hybridized carbons (Fsp3) is 0.333. The monoisotopic (exact) mass is 370 g/mol. The highest BCUT2D eigenvalue weighted by molar-refractivity contribution is 5.85. The van der Waals surface area contributed by atoms with E-state index in [4.69, 9.17) is 14.2 Å². The molecule has 1 amide bonds. The zero-order valence-corrected chi connectivity index (χ0v) is 16.2. The summed E-state index contributed by atoms with van der Waals surface area (Å²) in [6.07, 6.45) is 2.52. The van der Waals surface area contributed by atoms with Crippen LogP contribution in [0.2, 0.25) is 0 Å². The molecule has 0 radical (unpaired) electrons.